The van der Waals surface area contributed by atoms with Crippen molar-refractivity contribution in [1.29, 1.82) is 0 Å². The van der Waals surface area contributed by atoms with Crippen molar-refractivity contribution in [2.75, 3.05) is 26.9 Å². The topological polar surface area (TPSA) is 18.5 Å². The minimum absolute atomic E-state index is 0.713. The molecule has 0 aromatic carbocycles. The van der Waals surface area contributed by atoms with Crippen LogP contribution in [0, 0.1) is 17.8 Å². The standard InChI is InChI=1S/C14H28O2/c1-4-12(2)9-16-11-14-7-5-13(6-8-14)10-15-3/h12-14H,4-11H2,1-3H3. The lowest BCUT2D eigenvalue weighted by atomic mass is 9.83. The summed E-state index contributed by atoms with van der Waals surface area (Å²) in [6, 6.07) is 0. The van der Waals surface area contributed by atoms with E-state index in [1.54, 1.807) is 7.11 Å². The Morgan fingerprint density at radius 3 is 2.12 bits per heavy atom. The minimum Gasteiger partial charge on any atom is -0.384 e. The monoisotopic (exact) mass is 228 g/mol. The molecule has 0 saturated heterocycles. The van der Waals surface area contributed by atoms with Gasteiger partial charge in [0.25, 0.3) is 0 Å². The highest BCUT2D eigenvalue weighted by molar-refractivity contribution is 4.72. The summed E-state index contributed by atoms with van der Waals surface area (Å²) in [5, 5.41) is 0. The molecule has 0 N–H and O–H groups in total. The van der Waals surface area contributed by atoms with E-state index in [1.807, 2.05) is 0 Å². The third-order valence-electron chi connectivity index (χ3n) is 3.82. The van der Waals surface area contributed by atoms with Gasteiger partial charge in [-0.3, -0.25) is 0 Å². The highest BCUT2D eigenvalue weighted by atomic mass is 16.5. The molecule has 2 nitrogen and oxygen atoms in total. The lowest BCUT2D eigenvalue weighted by molar-refractivity contribution is 0.0477. The molecule has 1 aliphatic carbocycles. The van der Waals surface area contributed by atoms with E-state index >= 15 is 0 Å². The average molecular weight is 228 g/mol. The first-order chi connectivity index (χ1) is 7.76. The van der Waals surface area contributed by atoms with Crippen LogP contribution in [-0.4, -0.2) is 26.9 Å². The van der Waals surface area contributed by atoms with Gasteiger partial charge in [0.1, 0.15) is 0 Å². The third kappa shape index (κ3) is 5.31. The van der Waals surface area contributed by atoms with Crippen LogP contribution in [-0.2, 0) is 9.47 Å². The highest BCUT2D eigenvalue weighted by Gasteiger charge is 2.21. The summed E-state index contributed by atoms with van der Waals surface area (Å²) in [5.74, 6) is 2.32. The van der Waals surface area contributed by atoms with Crippen molar-refractivity contribution in [3.8, 4) is 0 Å². The van der Waals surface area contributed by atoms with Gasteiger partial charge in [-0.05, 0) is 43.4 Å². The number of methoxy groups -OCH3 is 1. The molecule has 2 heteroatoms. The molecular formula is C14H28O2. The third-order valence-corrected chi connectivity index (χ3v) is 3.82. The Bertz CT molecular complexity index is 162. The number of rotatable bonds is 7. The normalized spacial score (nSPS) is 27.9. The maximum Gasteiger partial charge on any atom is 0.0494 e. The molecule has 1 rings (SSSR count). The molecule has 0 radical (unpaired) electrons. The van der Waals surface area contributed by atoms with Crippen LogP contribution < -0.4 is 0 Å². The summed E-state index contributed by atoms with van der Waals surface area (Å²) in [5.41, 5.74) is 0. The van der Waals surface area contributed by atoms with Crippen LogP contribution in [0.4, 0.5) is 0 Å². The summed E-state index contributed by atoms with van der Waals surface area (Å²) >= 11 is 0. The van der Waals surface area contributed by atoms with Crippen LogP contribution in [0.15, 0.2) is 0 Å². The Morgan fingerprint density at radius 2 is 1.62 bits per heavy atom. The van der Waals surface area contributed by atoms with Gasteiger partial charge in [-0.2, -0.15) is 0 Å². The van der Waals surface area contributed by atoms with Crippen LogP contribution in [0.25, 0.3) is 0 Å². The van der Waals surface area contributed by atoms with Gasteiger partial charge in [-0.1, -0.05) is 20.3 Å². The van der Waals surface area contributed by atoms with Crippen molar-refractivity contribution in [3.05, 3.63) is 0 Å². The molecule has 0 spiro atoms. The van der Waals surface area contributed by atoms with Gasteiger partial charge in [0, 0.05) is 26.9 Å². The van der Waals surface area contributed by atoms with E-state index in [2.05, 4.69) is 13.8 Å². The maximum absolute atomic E-state index is 5.79. The van der Waals surface area contributed by atoms with Gasteiger partial charge in [-0.15, -0.1) is 0 Å². The van der Waals surface area contributed by atoms with Gasteiger partial charge < -0.3 is 9.47 Å². The number of hydrogen-bond donors (Lipinski definition) is 0. The Hall–Kier alpha value is -0.0800. The van der Waals surface area contributed by atoms with Crippen LogP contribution >= 0.6 is 0 Å². The molecule has 1 atom stereocenters. The molecule has 1 aliphatic rings. The predicted octanol–water partition coefficient (Wildman–Crippen LogP) is 3.50. The largest absolute Gasteiger partial charge is 0.384 e. The Balaban J connectivity index is 2.03. The summed E-state index contributed by atoms with van der Waals surface area (Å²) in [6.07, 6.45) is 6.53. The minimum atomic E-state index is 0.713. The lowest BCUT2D eigenvalue weighted by Gasteiger charge is -2.28. The first kappa shape index (κ1) is 14.0. The van der Waals surface area contributed by atoms with Crippen molar-refractivity contribution in [3.63, 3.8) is 0 Å². The summed E-state index contributed by atoms with van der Waals surface area (Å²) in [6.45, 7) is 7.35. The molecule has 0 amide bonds. The van der Waals surface area contributed by atoms with E-state index in [-0.39, 0.29) is 0 Å². The van der Waals surface area contributed by atoms with Gasteiger partial charge in [0.15, 0.2) is 0 Å². The molecule has 1 fully saturated rings. The second-order valence-corrected chi connectivity index (χ2v) is 5.39. The summed E-state index contributed by atoms with van der Waals surface area (Å²) in [7, 11) is 1.81. The maximum atomic E-state index is 5.79. The van der Waals surface area contributed by atoms with Crippen LogP contribution in [0.5, 0.6) is 0 Å². The number of hydrogen-bond acceptors (Lipinski definition) is 2. The van der Waals surface area contributed by atoms with Crippen LogP contribution in [0.3, 0.4) is 0 Å². The van der Waals surface area contributed by atoms with E-state index in [0.717, 1.165) is 31.7 Å². The second-order valence-electron chi connectivity index (χ2n) is 5.39. The van der Waals surface area contributed by atoms with Gasteiger partial charge >= 0.3 is 0 Å². The quantitative estimate of drug-likeness (QED) is 0.664. The zero-order valence-corrected chi connectivity index (χ0v) is 11.2. The van der Waals surface area contributed by atoms with Gasteiger partial charge in [0.2, 0.25) is 0 Å². The fourth-order valence-corrected chi connectivity index (χ4v) is 2.35. The smallest absolute Gasteiger partial charge is 0.0494 e. The van der Waals surface area contributed by atoms with Gasteiger partial charge in [-0.25, -0.2) is 0 Å². The van der Waals surface area contributed by atoms with E-state index in [4.69, 9.17) is 9.47 Å². The molecule has 1 saturated carbocycles. The average Bonchev–Trinajstić information content (AvgIpc) is 2.31. The van der Waals surface area contributed by atoms with Crippen molar-refractivity contribution in [2.24, 2.45) is 17.8 Å². The molecule has 96 valence electrons. The Kier molecular flexibility index (Phi) is 7.06. The second kappa shape index (κ2) is 8.08. The van der Waals surface area contributed by atoms with Crippen LogP contribution in [0.1, 0.15) is 46.0 Å². The zero-order chi connectivity index (χ0) is 11.8. The first-order valence-electron chi connectivity index (χ1n) is 6.82. The zero-order valence-electron chi connectivity index (χ0n) is 11.2. The lowest BCUT2D eigenvalue weighted by Crippen LogP contribution is -2.22. The summed E-state index contributed by atoms with van der Waals surface area (Å²) in [4.78, 5) is 0. The molecule has 0 heterocycles. The van der Waals surface area contributed by atoms with Crippen molar-refractivity contribution in [1.82, 2.24) is 0 Å². The van der Waals surface area contributed by atoms with Crippen molar-refractivity contribution >= 4 is 0 Å². The SMILES string of the molecule is CCC(C)COCC1CCC(COC)CC1. The van der Waals surface area contributed by atoms with E-state index < -0.39 is 0 Å². The van der Waals surface area contributed by atoms with Gasteiger partial charge in [0.05, 0.1) is 0 Å². The molecule has 0 aliphatic heterocycles. The molecule has 0 bridgehead atoms. The fourth-order valence-electron chi connectivity index (χ4n) is 2.35. The van der Waals surface area contributed by atoms with E-state index in [1.165, 1.54) is 32.1 Å². The molecule has 0 aromatic rings. The predicted molar refractivity (Wildman–Crippen MR) is 67.6 cm³/mol. The van der Waals surface area contributed by atoms with Crippen molar-refractivity contribution < 1.29 is 9.47 Å². The summed E-state index contributed by atoms with van der Waals surface area (Å²) < 4.78 is 11.0. The molecule has 0 aromatic heterocycles. The van der Waals surface area contributed by atoms with E-state index in [9.17, 15) is 0 Å². The van der Waals surface area contributed by atoms with Crippen LogP contribution in [0.2, 0.25) is 0 Å². The molecule has 1 unspecified atom stereocenters. The molecular weight excluding hydrogens is 200 g/mol. The van der Waals surface area contributed by atoms with E-state index in [0.29, 0.717) is 5.92 Å². The number of ether oxygens (including phenoxy) is 2. The first-order valence-corrected chi connectivity index (χ1v) is 6.82. The Labute approximate surface area is 101 Å². The van der Waals surface area contributed by atoms with Crippen molar-refractivity contribution in [2.45, 2.75) is 46.0 Å². The highest BCUT2D eigenvalue weighted by Crippen LogP contribution is 2.29. The fraction of sp³-hybridized carbons (Fsp3) is 1.00. The molecule has 16 heavy (non-hydrogen) atoms. The Morgan fingerprint density at radius 1 is 1.06 bits per heavy atom.